The van der Waals surface area contributed by atoms with Crippen LogP contribution in [0, 0.1) is 35.5 Å². The molecule has 1 amide bonds. The summed E-state index contributed by atoms with van der Waals surface area (Å²) < 4.78 is 13.5. The van der Waals surface area contributed by atoms with Crippen LogP contribution in [0.25, 0.3) is 0 Å². The lowest BCUT2D eigenvalue weighted by Gasteiger charge is -2.32. The van der Waals surface area contributed by atoms with Gasteiger partial charge in [-0.3, -0.25) is 9.63 Å². The highest BCUT2D eigenvalue weighted by Crippen LogP contribution is 2.36. The molecule has 1 saturated heterocycles. The van der Waals surface area contributed by atoms with E-state index >= 15 is 0 Å². The standard InChI is InChI=1S/C33H56FN3O5/c1-23(39)31-30(22-38)42-37(32(31)33(41)35-18-7-19-36(2)28-10-4-3-5-11-28)21-25-9-6-8-24(20-25)12-17-29(40)26-13-15-27(34)16-14-26/h23-32,38-40H,3-11,13-16,18-22H2,1-2H3,(H,35,41)/t23?,24?,25?,26?,27?,29?,30-,31+,32-/m1/s1. The van der Waals surface area contributed by atoms with Crippen LogP contribution in [0.1, 0.15) is 96.8 Å². The Kier molecular flexibility index (Phi) is 13.4. The van der Waals surface area contributed by atoms with Crippen molar-refractivity contribution >= 4 is 5.91 Å². The molecule has 0 radical (unpaired) electrons. The second-order valence-corrected chi connectivity index (χ2v) is 13.6. The van der Waals surface area contributed by atoms with E-state index in [1.807, 2.05) is 0 Å². The van der Waals surface area contributed by atoms with Gasteiger partial charge in [0.15, 0.2) is 0 Å². The maximum absolute atomic E-state index is 13.5. The molecule has 0 aromatic rings. The van der Waals surface area contributed by atoms with E-state index in [1.54, 1.807) is 12.0 Å². The molecule has 3 aliphatic carbocycles. The van der Waals surface area contributed by atoms with Crippen LogP contribution in [0.5, 0.6) is 0 Å². The van der Waals surface area contributed by atoms with Crippen molar-refractivity contribution in [1.82, 2.24) is 15.3 Å². The van der Waals surface area contributed by atoms with Gasteiger partial charge in [0.1, 0.15) is 24.4 Å². The number of nitrogens with zero attached hydrogens (tertiary/aromatic N) is 2. The molecule has 8 nitrogen and oxygen atoms in total. The SMILES string of the molecule is CC(O)[C@H]1[C@@H](CO)ON(CC2CCCC(C#CC(O)C3CCC(F)CC3)C2)[C@H]1C(=O)NCCCN(C)C1CCCCC1. The van der Waals surface area contributed by atoms with Gasteiger partial charge < -0.3 is 25.5 Å². The number of alkyl halides is 1. The number of hydrogen-bond acceptors (Lipinski definition) is 7. The Morgan fingerprint density at radius 2 is 1.81 bits per heavy atom. The molecule has 4 aliphatic rings. The van der Waals surface area contributed by atoms with Gasteiger partial charge in [-0.05, 0) is 96.6 Å². The van der Waals surface area contributed by atoms with Gasteiger partial charge in [0.2, 0.25) is 5.91 Å². The lowest BCUT2D eigenvalue weighted by atomic mass is 9.80. The molecule has 1 heterocycles. The van der Waals surface area contributed by atoms with E-state index in [4.69, 9.17) is 4.84 Å². The maximum atomic E-state index is 13.5. The fraction of sp³-hybridized carbons (Fsp3) is 0.909. The third-order valence-electron chi connectivity index (χ3n) is 10.4. The van der Waals surface area contributed by atoms with Crippen LogP contribution in [0.2, 0.25) is 0 Å². The van der Waals surface area contributed by atoms with Crippen LogP contribution < -0.4 is 5.32 Å². The van der Waals surface area contributed by atoms with Crippen molar-refractivity contribution in [1.29, 1.82) is 0 Å². The first-order valence-electron chi connectivity index (χ1n) is 16.8. The highest BCUT2D eigenvalue weighted by Gasteiger charge is 2.49. The van der Waals surface area contributed by atoms with E-state index in [0.717, 1.165) is 38.6 Å². The Morgan fingerprint density at radius 3 is 2.50 bits per heavy atom. The van der Waals surface area contributed by atoms with Gasteiger partial charge in [0.25, 0.3) is 0 Å². The number of nitrogens with one attached hydrogen (secondary N) is 1. The molecule has 0 aromatic heterocycles. The fourth-order valence-corrected chi connectivity index (χ4v) is 7.80. The number of amides is 1. The van der Waals surface area contributed by atoms with Crippen molar-refractivity contribution in [2.75, 3.05) is 33.3 Å². The van der Waals surface area contributed by atoms with Crippen LogP contribution in [-0.4, -0.2) is 101 Å². The summed E-state index contributed by atoms with van der Waals surface area (Å²) in [7, 11) is 2.18. The van der Waals surface area contributed by atoms with E-state index in [2.05, 4.69) is 29.1 Å². The monoisotopic (exact) mass is 593 g/mol. The van der Waals surface area contributed by atoms with Crippen molar-refractivity contribution in [2.24, 2.45) is 23.7 Å². The van der Waals surface area contributed by atoms with Gasteiger partial charge in [-0.25, -0.2) is 4.39 Å². The zero-order valence-electron chi connectivity index (χ0n) is 25.9. The summed E-state index contributed by atoms with van der Waals surface area (Å²) in [6, 6.07) is -0.0288. The summed E-state index contributed by atoms with van der Waals surface area (Å²) in [5, 5.41) is 36.0. The average Bonchev–Trinajstić information content (AvgIpc) is 3.37. The average molecular weight is 594 g/mol. The highest BCUT2D eigenvalue weighted by molar-refractivity contribution is 5.82. The minimum Gasteiger partial charge on any atom is -0.394 e. The molecular formula is C33H56FN3O5. The zero-order valence-corrected chi connectivity index (χ0v) is 25.9. The summed E-state index contributed by atoms with van der Waals surface area (Å²) in [6.07, 6.45) is 10.7. The number of carbonyl (C=O) groups excluding carboxylic acids is 1. The van der Waals surface area contributed by atoms with Crippen LogP contribution in [-0.2, 0) is 9.63 Å². The molecule has 0 bridgehead atoms. The second-order valence-electron chi connectivity index (χ2n) is 13.6. The van der Waals surface area contributed by atoms with Crippen molar-refractivity contribution in [2.45, 2.75) is 133 Å². The number of hydrogen-bond donors (Lipinski definition) is 4. The third kappa shape index (κ3) is 9.36. The first kappa shape index (κ1) is 33.6. The number of rotatable bonds is 11. The van der Waals surface area contributed by atoms with Gasteiger partial charge in [-0.15, -0.1) is 0 Å². The third-order valence-corrected chi connectivity index (χ3v) is 10.4. The summed E-state index contributed by atoms with van der Waals surface area (Å²) >= 11 is 0. The molecule has 3 saturated carbocycles. The Balaban J connectivity index is 1.30. The van der Waals surface area contributed by atoms with E-state index in [1.165, 1.54) is 32.1 Å². The van der Waals surface area contributed by atoms with Gasteiger partial charge in [0, 0.05) is 31.0 Å². The Bertz CT molecular complexity index is 883. The van der Waals surface area contributed by atoms with E-state index in [0.29, 0.717) is 44.8 Å². The number of carbonyl (C=O) groups is 1. The van der Waals surface area contributed by atoms with Crippen LogP contribution in [0.4, 0.5) is 4.39 Å². The molecule has 1 aliphatic heterocycles. The molecule has 42 heavy (non-hydrogen) atoms. The molecule has 240 valence electrons. The topological polar surface area (TPSA) is 105 Å². The van der Waals surface area contributed by atoms with Gasteiger partial charge in [-0.2, -0.15) is 5.06 Å². The Labute approximate surface area is 252 Å². The minimum absolute atomic E-state index is 0.0571. The summed E-state index contributed by atoms with van der Waals surface area (Å²) in [5.41, 5.74) is 0. The minimum atomic E-state index is -0.806. The maximum Gasteiger partial charge on any atom is 0.240 e. The summed E-state index contributed by atoms with van der Waals surface area (Å²) in [5.74, 6) is 6.19. The van der Waals surface area contributed by atoms with Crippen molar-refractivity contribution in [3.63, 3.8) is 0 Å². The predicted molar refractivity (Wildman–Crippen MR) is 161 cm³/mol. The molecule has 4 fully saturated rings. The normalized spacial score (nSPS) is 34.5. The van der Waals surface area contributed by atoms with Crippen LogP contribution in [0.3, 0.4) is 0 Å². The summed E-state index contributed by atoms with van der Waals surface area (Å²) in [6.45, 7) is 3.43. The zero-order chi connectivity index (χ0) is 30.1. The number of aliphatic hydroxyl groups is 3. The van der Waals surface area contributed by atoms with E-state index in [-0.39, 0.29) is 30.3 Å². The molecular weight excluding hydrogens is 537 g/mol. The van der Waals surface area contributed by atoms with Crippen molar-refractivity contribution in [3.05, 3.63) is 0 Å². The summed E-state index contributed by atoms with van der Waals surface area (Å²) in [4.78, 5) is 22.1. The van der Waals surface area contributed by atoms with Gasteiger partial charge >= 0.3 is 0 Å². The second kappa shape index (κ2) is 16.7. The lowest BCUT2D eigenvalue weighted by Crippen LogP contribution is -2.50. The van der Waals surface area contributed by atoms with E-state index < -0.39 is 36.4 Å². The largest absolute Gasteiger partial charge is 0.394 e. The molecule has 4 N–H and O–H groups in total. The molecule has 4 unspecified atom stereocenters. The number of halogens is 1. The highest BCUT2D eigenvalue weighted by atomic mass is 19.1. The smallest absolute Gasteiger partial charge is 0.240 e. The molecule has 0 spiro atoms. The Morgan fingerprint density at radius 1 is 1.07 bits per heavy atom. The quantitative estimate of drug-likeness (QED) is 0.215. The molecule has 9 heteroatoms. The fourth-order valence-electron chi connectivity index (χ4n) is 7.80. The van der Waals surface area contributed by atoms with Crippen LogP contribution in [0.15, 0.2) is 0 Å². The Hall–Kier alpha value is -1.28. The first-order valence-corrected chi connectivity index (χ1v) is 16.8. The van der Waals surface area contributed by atoms with E-state index in [9.17, 15) is 24.5 Å². The van der Waals surface area contributed by atoms with Crippen molar-refractivity contribution in [3.8, 4) is 11.8 Å². The molecule has 4 rings (SSSR count). The number of aliphatic hydroxyl groups excluding tert-OH is 3. The number of hydroxylamine groups is 2. The van der Waals surface area contributed by atoms with Crippen LogP contribution >= 0.6 is 0 Å². The van der Waals surface area contributed by atoms with Gasteiger partial charge in [0.05, 0.1) is 12.7 Å². The molecule has 0 aromatic carbocycles. The lowest BCUT2D eigenvalue weighted by molar-refractivity contribution is -0.183. The predicted octanol–water partition coefficient (Wildman–Crippen LogP) is 3.43. The van der Waals surface area contributed by atoms with Gasteiger partial charge in [-0.1, -0.05) is 37.5 Å². The molecule has 7 atom stereocenters. The van der Waals surface area contributed by atoms with Crippen molar-refractivity contribution < 1.29 is 29.3 Å². The first-order chi connectivity index (χ1) is 20.3.